The smallest absolute Gasteiger partial charge is 0.181 e. The Balaban J connectivity index is 1.35. The molecular weight excluding hydrogens is 378 g/mol. The summed E-state index contributed by atoms with van der Waals surface area (Å²) >= 11 is 0. The summed E-state index contributed by atoms with van der Waals surface area (Å²) in [6.45, 7) is 9.57. The maximum Gasteiger partial charge on any atom is 0.181 e. The molecule has 5 heteroatoms. The number of hydrogen-bond acceptors (Lipinski definition) is 4. The quantitative estimate of drug-likeness (QED) is 0.564. The minimum absolute atomic E-state index is 0.0230. The van der Waals surface area contributed by atoms with Crippen molar-refractivity contribution in [3.63, 3.8) is 0 Å². The molecule has 0 fully saturated rings. The van der Waals surface area contributed by atoms with Gasteiger partial charge in [-0.15, -0.1) is 0 Å². The Hall–Kier alpha value is -2.66. The summed E-state index contributed by atoms with van der Waals surface area (Å²) < 4.78 is 25.6. The fourth-order valence-corrected chi connectivity index (χ4v) is 5.32. The summed E-state index contributed by atoms with van der Waals surface area (Å²) in [6.07, 6.45) is 2.45. The van der Waals surface area contributed by atoms with Crippen LogP contribution in [0.4, 0.5) is 0 Å². The molecule has 0 amide bonds. The van der Waals surface area contributed by atoms with Gasteiger partial charge in [-0.2, -0.15) is 0 Å². The maximum atomic E-state index is 6.34. The van der Waals surface area contributed by atoms with Gasteiger partial charge in [-0.1, -0.05) is 37.3 Å². The van der Waals surface area contributed by atoms with Crippen LogP contribution < -0.4 is 18.9 Å². The number of nitrogens with zero attached hydrogens (tertiary/aromatic N) is 1. The van der Waals surface area contributed by atoms with E-state index < -0.39 is 0 Å². The largest absolute Gasteiger partial charge is 0.486 e. The predicted molar refractivity (Wildman–Crippen MR) is 115 cm³/mol. The van der Waals surface area contributed by atoms with Crippen LogP contribution in [0.25, 0.3) is 0 Å². The first kappa shape index (κ1) is 19.3. The molecule has 0 saturated heterocycles. The molecule has 0 spiro atoms. The Morgan fingerprint density at radius 2 is 1.30 bits per heavy atom. The molecule has 0 radical (unpaired) electrons. The van der Waals surface area contributed by atoms with Crippen molar-refractivity contribution in [1.29, 1.82) is 0 Å². The Labute approximate surface area is 178 Å². The van der Waals surface area contributed by atoms with E-state index in [2.05, 4.69) is 19.9 Å². The lowest BCUT2D eigenvalue weighted by molar-refractivity contribution is -0.932. The van der Waals surface area contributed by atoms with Gasteiger partial charge in [0.1, 0.15) is 32.8 Å². The molecule has 30 heavy (non-hydrogen) atoms. The predicted octanol–water partition coefficient (Wildman–Crippen LogP) is 4.08. The average molecular weight is 409 g/mol. The molecule has 2 aromatic carbocycles. The van der Waals surface area contributed by atoms with Crippen molar-refractivity contribution in [2.75, 3.05) is 39.4 Å². The third-order valence-corrected chi connectivity index (χ3v) is 6.15. The van der Waals surface area contributed by atoms with Crippen molar-refractivity contribution in [3.05, 3.63) is 60.2 Å². The molecule has 5 nitrogen and oxygen atoms in total. The van der Waals surface area contributed by atoms with Crippen LogP contribution in [0.1, 0.15) is 13.8 Å². The molecule has 0 aromatic heterocycles. The van der Waals surface area contributed by atoms with E-state index in [0.717, 1.165) is 53.7 Å². The molecule has 3 atom stereocenters. The molecule has 0 saturated carbocycles. The van der Waals surface area contributed by atoms with Crippen LogP contribution >= 0.6 is 0 Å². The highest BCUT2D eigenvalue weighted by atomic mass is 16.6. The lowest BCUT2D eigenvalue weighted by Crippen LogP contribution is -2.62. The van der Waals surface area contributed by atoms with Crippen LogP contribution in [0, 0.1) is 5.92 Å². The number of quaternary nitrogens is 1. The van der Waals surface area contributed by atoms with E-state index in [9.17, 15) is 0 Å². The highest BCUT2D eigenvalue weighted by molar-refractivity contribution is 5.41. The summed E-state index contributed by atoms with van der Waals surface area (Å²) in [5.74, 6) is 3.88. The highest BCUT2D eigenvalue weighted by Crippen LogP contribution is 2.35. The SMILES string of the molecule is CC1=CC(C)C[N+](CC2COc3ccccc3O2)(CC2COc3ccccc3O2)C1. The molecule has 3 aliphatic heterocycles. The summed E-state index contributed by atoms with van der Waals surface area (Å²) in [6, 6.07) is 15.9. The topological polar surface area (TPSA) is 36.9 Å². The number of benzene rings is 2. The summed E-state index contributed by atoms with van der Waals surface area (Å²) in [7, 11) is 0. The lowest BCUT2D eigenvalue weighted by Gasteiger charge is -2.46. The molecule has 2 aromatic rings. The second-order valence-corrected chi connectivity index (χ2v) is 9.03. The summed E-state index contributed by atoms with van der Waals surface area (Å²) in [4.78, 5) is 0. The van der Waals surface area contributed by atoms with Crippen LogP contribution in [0.15, 0.2) is 60.2 Å². The molecular formula is C25H30NO4+. The van der Waals surface area contributed by atoms with Crippen LogP contribution in [0.5, 0.6) is 23.0 Å². The molecule has 3 aliphatic rings. The zero-order chi connectivity index (χ0) is 20.6. The van der Waals surface area contributed by atoms with E-state index in [1.165, 1.54) is 5.57 Å². The number of para-hydroxylation sites is 4. The van der Waals surface area contributed by atoms with Gasteiger partial charge in [0, 0.05) is 5.92 Å². The Morgan fingerprint density at radius 3 is 1.80 bits per heavy atom. The van der Waals surface area contributed by atoms with Gasteiger partial charge >= 0.3 is 0 Å². The van der Waals surface area contributed by atoms with Gasteiger partial charge in [-0.3, -0.25) is 0 Å². The Kier molecular flexibility index (Phi) is 5.07. The zero-order valence-corrected chi connectivity index (χ0v) is 17.8. The molecule has 0 N–H and O–H groups in total. The second-order valence-electron chi connectivity index (χ2n) is 9.03. The van der Waals surface area contributed by atoms with Crippen LogP contribution in [-0.2, 0) is 0 Å². The first-order valence-corrected chi connectivity index (χ1v) is 10.9. The monoisotopic (exact) mass is 408 g/mol. The van der Waals surface area contributed by atoms with Gasteiger partial charge in [-0.25, -0.2) is 0 Å². The van der Waals surface area contributed by atoms with Crippen molar-refractivity contribution in [2.24, 2.45) is 5.92 Å². The van der Waals surface area contributed by atoms with E-state index in [1.807, 2.05) is 48.5 Å². The van der Waals surface area contributed by atoms with Gasteiger partial charge in [0.2, 0.25) is 0 Å². The van der Waals surface area contributed by atoms with E-state index in [4.69, 9.17) is 18.9 Å². The van der Waals surface area contributed by atoms with E-state index in [1.54, 1.807) is 0 Å². The van der Waals surface area contributed by atoms with Gasteiger partial charge in [-0.05, 0) is 36.8 Å². The molecule has 0 aliphatic carbocycles. The van der Waals surface area contributed by atoms with Gasteiger partial charge < -0.3 is 23.4 Å². The normalized spacial score (nSPS) is 29.8. The maximum absolute atomic E-state index is 6.34. The minimum Gasteiger partial charge on any atom is -0.486 e. The number of hydrogen-bond donors (Lipinski definition) is 0. The number of fused-ring (bicyclic) bond motifs is 2. The summed E-state index contributed by atoms with van der Waals surface area (Å²) in [5, 5.41) is 0. The van der Waals surface area contributed by atoms with Crippen molar-refractivity contribution >= 4 is 0 Å². The minimum atomic E-state index is 0.0230. The fraction of sp³-hybridized carbons (Fsp3) is 0.440. The fourth-order valence-electron chi connectivity index (χ4n) is 5.32. The average Bonchev–Trinajstić information content (AvgIpc) is 2.72. The molecule has 5 rings (SSSR count). The van der Waals surface area contributed by atoms with Crippen molar-refractivity contribution in [2.45, 2.75) is 26.1 Å². The Morgan fingerprint density at radius 1 is 0.800 bits per heavy atom. The van der Waals surface area contributed by atoms with Gasteiger partial charge in [0.25, 0.3) is 0 Å². The lowest BCUT2D eigenvalue weighted by atomic mass is 9.97. The second kappa shape index (κ2) is 7.88. The number of ether oxygens (including phenoxy) is 4. The van der Waals surface area contributed by atoms with E-state index >= 15 is 0 Å². The third kappa shape index (κ3) is 3.99. The van der Waals surface area contributed by atoms with E-state index in [0.29, 0.717) is 19.1 Å². The molecule has 3 unspecified atom stereocenters. The first-order chi connectivity index (χ1) is 14.6. The molecule has 158 valence electrons. The number of rotatable bonds is 4. The van der Waals surface area contributed by atoms with Crippen LogP contribution in [0.2, 0.25) is 0 Å². The standard InChI is InChI=1S/C25H30NO4/c1-18-11-19(2)13-26(12-18,14-20-16-27-22-7-3-5-9-24(22)29-20)15-21-17-28-23-8-4-6-10-25(23)30-21/h3-11,18,20-21H,12-17H2,1-2H3/q+1. The van der Waals surface area contributed by atoms with Gasteiger partial charge in [0.15, 0.2) is 35.2 Å². The zero-order valence-electron chi connectivity index (χ0n) is 17.8. The van der Waals surface area contributed by atoms with Crippen LogP contribution in [-0.4, -0.2) is 56.1 Å². The van der Waals surface area contributed by atoms with Gasteiger partial charge in [0.05, 0.1) is 6.54 Å². The Bertz CT molecular complexity index is 881. The molecule has 3 heterocycles. The summed E-state index contributed by atoms with van der Waals surface area (Å²) in [5.41, 5.74) is 1.43. The first-order valence-electron chi connectivity index (χ1n) is 10.9. The molecule has 0 bridgehead atoms. The van der Waals surface area contributed by atoms with Crippen LogP contribution in [0.3, 0.4) is 0 Å². The third-order valence-electron chi connectivity index (χ3n) is 6.15. The van der Waals surface area contributed by atoms with E-state index in [-0.39, 0.29) is 12.2 Å². The highest BCUT2D eigenvalue weighted by Gasteiger charge is 2.41. The van der Waals surface area contributed by atoms with Crippen molar-refractivity contribution < 1.29 is 23.4 Å². The van der Waals surface area contributed by atoms with Crippen molar-refractivity contribution in [1.82, 2.24) is 0 Å². The van der Waals surface area contributed by atoms with Crippen molar-refractivity contribution in [3.8, 4) is 23.0 Å².